The molecule has 4 rings (SSSR count). The highest BCUT2D eigenvalue weighted by Gasteiger charge is 2.47. The van der Waals surface area contributed by atoms with Gasteiger partial charge in [-0.1, -0.05) is 18.6 Å². The Morgan fingerprint density at radius 3 is 2.44 bits per heavy atom. The molecule has 3 fully saturated rings. The number of piperidine rings is 2. The summed E-state index contributed by atoms with van der Waals surface area (Å²) in [6.45, 7) is 2.01. The number of rotatable bonds is 2. The molecule has 6 nitrogen and oxygen atoms in total. The molecule has 2 saturated heterocycles. The Bertz CT molecular complexity index is 798. The molecule has 0 aromatic heterocycles. The molecule has 1 N–H and O–H groups in total. The van der Waals surface area contributed by atoms with Crippen LogP contribution < -0.4 is 0 Å². The van der Waals surface area contributed by atoms with Crippen molar-refractivity contribution in [3.05, 3.63) is 35.4 Å². The van der Waals surface area contributed by atoms with Crippen molar-refractivity contribution in [2.75, 3.05) is 26.2 Å². The van der Waals surface area contributed by atoms with E-state index in [1.165, 1.54) is 0 Å². The van der Waals surface area contributed by atoms with Crippen LogP contribution in [0.15, 0.2) is 24.3 Å². The van der Waals surface area contributed by atoms with E-state index in [0.717, 1.165) is 19.3 Å². The number of nitrogens with zero attached hydrogens (tertiary/aromatic N) is 3. The topological polar surface area (TPSA) is 84.6 Å². The van der Waals surface area contributed by atoms with Gasteiger partial charge in [0.25, 0.3) is 5.91 Å². The Balaban J connectivity index is 1.48. The summed E-state index contributed by atoms with van der Waals surface area (Å²) >= 11 is 0. The van der Waals surface area contributed by atoms with Crippen molar-refractivity contribution in [2.24, 2.45) is 11.8 Å². The van der Waals surface area contributed by atoms with Gasteiger partial charge in [0.2, 0.25) is 5.91 Å². The molecule has 2 atom stereocenters. The summed E-state index contributed by atoms with van der Waals surface area (Å²) in [5.41, 5.74) is -0.0283. The van der Waals surface area contributed by atoms with Gasteiger partial charge in [-0.15, -0.1) is 0 Å². The maximum Gasteiger partial charge on any atom is 0.255 e. The Hall–Kier alpha value is -2.39. The lowest BCUT2D eigenvalue weighted by Gasteiger charge is -2.51. The monoisotopic (exact) mass is 367 g/mol. The van der Waals surface area contributed by atoms with Gasteiger partial charge in [-0.05, 0) is 37.8 Å². The van der Waals surface area contributed by atoms with E-state index in [2.05, 4.69) is 6.07 Å². The van der Waals surface area contributed by atoms with Gasteiger partial charge in [-0.25, -0.2) is 0 Å². The van der Waals surface area contributed by atoms with E-state index in [4.69, 9.17) is 0 Å². The first-order chi connectivity index (χ1) is 13.0. The molecule has 1 saturated carbocycles. The molecular weight excluding hydrogens is 342 g/mol. The number of amides is 2. The normalized spacial score (nSPS) is 28.1. The Labute approximate surface area is 159 Å². The predicted molar refractivity (Wildman–Crippen MR) is 98.7 cm³/mol. The molecule has 0 spiro atoms. The van der Waals surface area contributed by atoms with Crippen LogP contribution in [0.1, 0.15) is 48.0 Å². The highest BCUT2D eigenvalue weighted by atomic mass is 16.3. The number of likely N-dealkylation sites (tertiary alicyclic amines) is 2. The largest absolute Gasteiger partial charge is 0.389 e. The zero-order chi connectivity index (χ0) is 19.0. The SMILES string of the molecule is N#Cc1ccccc1C(=O)N1CC[C@@]2(O)CCN(C(=O)C3CCC3)C[C@H]2C1. The lowest BCUT2D eigenvalue weighted by atomic mass is 9.74. The Morgan fingerprint density at radius 2 is 1.78 bits per heavy atom. The number of fused-ring (bicyclic) bond motifs is 1. The zero-order valence-corrected chi connectivity index (χ0v) is 15.4. The molecule has 0 bridgehead atoms. The smallest absolute Gasteiger partial charge is 0.255 e. The second kappa shape index (κ2) is 6.97. The van der Waals surface area contributed by atoms with Gasteiger partial charge in [0.15, 0.2) is 0 Å². The molecule has 6 heteroatoms. The van der Waals surface area contributed by atoms with Crippen LogP contribution in [0.3, 0.4) is 0 Å². The quantitative estimate of drug-likeness (QED) is 0.864. The van der Waals surface area contributed by atoms with Gasteiger partial charge in [0.05, 0.1) is 22.8 Å². The Morgan fingerprint density at radius 1 is 1.11 bits per heavy atom. The van der Waals surface area contributed by atoms with E-state index in [1.54, 1.807) is 29.2 Å². The number of carbonyl (C=O) groups is 2. The van der Waals surface area contributed by atoms with Gasteiger partial charge in [0, 0.05) is 38.0 Å². The van der Waals surface area contributed by atoms with Crippen molar-refractivity contribution in [1.29, 1.82) is 5.26 Å². The molecule has 3 aliphatic rings. The van der Waals surface area contributed by atoms with E-state index < -0.39 is 5.60 Å². The first-order valence-corrected chi connectivity index (χ1v) is 9.81. The van der Waals surface area contributed by atoms with Crippen molar-refractivity contribution >= 4 is 11.8 Å². The number of benzene rings is 1. The van der Waals surface area contributed by atoms with Crippen LogP contribution in [0.25, 0.3) is 0 Å². The van der Waals surface area contributed by atoms with Gasteiger partial charge in [-0.2, -0.15) is 5.26 Å². The molecule has 1 aromatic carbocycles. The minimum atomic E-state index is -0.804. The van der Waals surface area contributed by atoms with Crippen LogP contribution in [0, 0.1) is 23.2 Å². The van der Waals surface area contributed by atoms with Gasteiger partial charge in [0.1, 0.15) is 0 Å². The summed E-state index contributed by atoms with van der Waals surface area (Å²) in [5, 5.41) is 20.3. The molecule has 2 heterocycles. The maximum absolute atomic E-state index is 13.0. The summed E-state index contributed by atoms with van der Waals surface area (Å²) in [5.74, 6) is 0.0560. The molecule has 1 aromatic rings. The Kier molecular flexibility index (Phi) is 4.65. The van der Waals surface area contributed by atoms with Crippen molar-refractivity contribution in [3.8, 4) is 6.07 Å². The number of nitriles is 1. The van der Waals surface area contributed by atoms with Crippen molar-refractivity contribution in [3.63, 3.8) is 0 Å². The molecule has 1 aliphatic carbocycles. The highest BCUT2D eigenvalue weighted by Crippen LogP contribution is 2.38. The standard InChI is InChI=1S/C21H25N3O3/c22-12-16-4-1-2-7-18(16)20(26)24-11-9-21(27)8-10-23(13-17(21)14-24)19(25)15-5-3-6-15/h1-2,4,7,15,17,27H,3,5-6,8-11,13-14H2/t17-,21-/m0/s1. The third-order valence-corrected chi connectivity index (χ3v) is 6.60. The van der Waals surface area contributed by atoms with Crippen LogP contribution in [-0.2, 0) is 4.79 Å². The summed E-state index contributed by atoms with van der Waals surface area (Å²) in [7, 11) is 0. The maximum atomic E-state index is 13.0. The molecular formula is C21H25N3O3. The molecule has 0 radical (unpaired) electrons. The summed E-state index contributed by atoms with van der Waals surface area (Å²) < 4.78 is 0. The van der Waals surface area contributed by atoms with Gasteiger partial charge >= 0.3 is 0 Å². The predicted octanol–water partition coefficient (Wildman–Crippen LogP) is 1.78. The molecule has 0 unspecified atom stereocenters. The number of aliphatic hydroxyl groups is 1. The number of hydrogen-bond donors (Lipinski definition) is 1. The van der Waals surface area contributed by atoms with Gasteiger partial charge in [-0.3, -0.25) is 9.59 Å². The molecule has 2 aliphatic heterocycles. The van der Waals surface area contributed by atoms with E-state index >= 15 is 0 Å². The van der Waals surface area contributed by atoms with E-state index in [0.29, 0.717) is 50.1 Å². The van der Waals surface area contributed by atoms with Gasteiger partial charge < -0.3 is 14.9 Å². The fourth-order valence-corrected chi connectivity index (χ4v) is 4.54. The van der Waals surface area contributed by atoms with Crippen LogP contribution in [0.4, 0.5) is 0 Å². The average molecular weight is 367 g/mol. The number of hydrogen-bond acceptors (Lipinski definition) is 4. The summed E-state index contributed by atoms with van der Waals surface area (Å²) in [6.07, 6.45) is 4.16. The summed E-state index contributed by atoms with van der Waals surface area (Å²) in [6, 6.07) is 8.90. The van der Waals surface area contributed by atoms with Crippen molar-refractivity contribution < 1.29 is 14.7 Å². The third-order valence-electron chi connectivity index (χ3n) is 6.60. The second-order valence-corrected chi connectivity index (χ2v) is 8.12. The van der Waals surface area contributed by atoms with Crippen LogP contribution in [-0.4, -0.2) is 58.5 Å². The minimum Gasteiger partial charge on any atom is -0.389 e. The van der Waals surface area contributed by atoms with Crippen LogP contribution in [0.2, 0.25) is 0 Å². The zero-order valence-electron chi connectivity index (χ0n) is 15.4. The lowest BCUT2D eigenvalue weighted by Crippen LogP contribution is -2.62. The van der Waals surface area contributed by atoms with Crippen LogP contribution >= 0.6 is 0 Å². The fraction of sp³-hybridized carbons (Fsp3) is 0.571. The van der Waals surface area contributed by atoms with Crippen LogP contribution in [0.5, 0.6) is 0 Å². The lowest BCUT2D eigenvalue weighted by molar-refractivity contribution is -0.151. The second-order valence-electron chi connectivity index (χ2n) is 8.12. The number of carbonyl (C=O) groups excluding carboxylic acids is 2. The molecule has 27 heavy (non-hydrogen) atoms. The third kappa shape index (κ3) is 3.21. The fourth-order valence-electron chi connectivity index (χ4n) is 4.54. The molecule has 142 valence electrons. The van der Waals surface area contributed by atoms with E-state index in [-0.39, 0.29) is 23.7 Å². The van der Waals surface area contributed by atoms with Crippen molar-refractivity contribution in [2.45, 2.75) is 37.7 Å². The first kappa shape index (κ1) is 18.0. The highest BCUT2D eigenvalue weighted by molar-refractivity contribution is 5.96. The first-order valence-electron chi connectivity index (χ1n) is 9.81. The van der Waals surface area contributed by atoms with Crippen molar-refractivity contribution in [1.82, 2.24) is 9.80 Å². The minimum absolute atomic E-state index is 0.137. The molecule has 2 amide bonds. The van der Waals surface area contributed by atoms with E-state index in [1.807, 2.05) is 4.90 Å². The average Bonchev–Trinajstić information content (AvgIpc) is 2.65. The van der Waals surface area contributed by atoms with E-state index in [9.17, 15) is 20.0 Å². The summed E-state index contributed by atoms with van der Waals surface area (Å²) in [4.78, 5) is 29.2.